The minimum Gasteiger partial charge on any atom is -0.322 e. The normalized spacial score (nSPS) is 13.0. The molecule has 0 bridgehead atoms. The third-order valence-corrected chi connectivity index (χ3v) is 6.94. The summed E-state index contributed by atoms with van der Waals surface area (Å²) in [4.78, 5) is 17.8. The number of amides is 1. The Hall–Kier alpha value is -3.32. The first-order chi connectivity index (χ1) is 16.1. The van der Waals surface area contributed by atoms with Crippen LogP contribution in [-0.4, -0.2) is 31.0 Å². The summed E-state index contributed by atoms with van der Waals surface area (Å²) in [6.45, 7) is 3.90. The van der Waals surface area contributed by atoms with Gasteiger partial charge in [0.15, 0.2) is 5.16 Å². The minimum atomic E-state index is -0.0561. The average molecular weight is 458 g/mol. The van der Waals surface area contributed by atoms with Crippen LogP contribution in [0.3, 0.4) is 0 Å². The first kappa shape index (κ1) is 21.5. The second-order valence-electron chi connectivity index (χ2n) is 8.30. The Kier molecular flexibility index (Phi) is 6.05. The maximum atomic E-state index is 12.9. The predicted octanol–water partition coefficient (Wildman–Crippen LogP) is 5.28. The quantitative estimate of drug-likeness (QED) is 0.400. The second kappa shape index (κ2) is 9.27. The number of thioether (sulfide) groups is 1. The number of nitrogens with zero attached hydrogens (tertiary/aromatic N) is 4. The molecule has 1 aliphatic carbocycles. The number of benzene rings is 2. The Bertz CT molecular complexity index is 1280. The van der Waals surface area contributed by atoms with Crippen molar-refractivity contribution in [2.75, 3.05) is 11.1 Å². The standard InChI is InChI=1S/C26H27N5OS/c1-18-25(19(2)31(29-18)21-13-7-4-8-14-21)28-24(32)17-33-26-27-22-15-9-10-16-23(22)30(26)20-11-5-3-6-12-20/h3-8,11-14H,9-10,15-17H2,1-2H3,(H,28,32). The molecule has 1 aliphatic rings. The van der Waals surface area contributed by atoms with E-state index >= 15 is 0 Å². The zero-order chi connectivity index (χ0) is 22.8. The fourth-order valence-corrected chi connectivity index (χ4v) is 5.26. The predicted molar refractivity (Wildman–Crippen MR) is 133 cm³/mol. The maximum absolute atomic E-state index is 12.9. The number of nitrogens with one attached hydrogen (secondary N) is 1. The summed E-state index contributed by atoms with van der Waals surface area (Å²) >= 11 is 1.49. The molecule has 1 N–H and O–H groups in total. The smallest absolute Gasteiger partial charge is 0.234 e. The van der Waals surface area contributed by atoms with E-state index in [1.54, 1.807) is 0 Å². The zero-order valence-electron chi connectivity index (χ0n) is 18.9. The Morgan fingerprint density at radius 2 is 1.64 bits per heavy atom. The van der Waals surface area contributed by atoms with E-state index in [0.717, 1.165) is 46.4 Å². The van der Waals surface area contributed by atoms with E-state index in [4.69, 9.17) is 4.98 Å². The fourth-order valence-electron chi connectivity index (χ4n) is 4.41. The number of anilines is 1. The Labute approximate surface area is 198 Å². The summed E-state index contributed by atoms with van der Waals surface area (Å²) < 4.78 is 4.10. The van der Waals surface area contributed by atoms with Gasteiger partial charge in [-0.1, -0.05) is 48.2 Å². The molecule has 0 aliphatic heterocycles. The lowest BCUT2D eigenvalue weighted by atomic mass is 10.0. The van der Waals surface area contributed by atoms with Gasteiger partial charge in [-0.05, 0) is 63.8 Å². The van der Waals surface area contributed by atoms with Crippen LogP contribution in [0.5, 0.6) is 0 Å². The van der Waals surface area contributed by atoms with Gasteiger partial charge in [-0.25, -0.2) is 9.67 Å². The van der Waals surface area contributed by atoms with E-state index < -0.39 is 0 Å². The van der Waals surface area contributed by atoms with Gasteiger partial charge in [0.1, 0.15) is 0 Å². The van der Waals surface area contributed by atoms with Crippen molar-refractivity contribution in [3.05, 3.63) is 83.4 Å². The van der Waals surface area contributed by atoms with Crippen molar-refractivity contribution in [2.45, 2.75) is 44.7 Å². The highest BCUT2D eigenvalue weighted by Gasteiger charge is 2.22. The van der Waals surface area contributed by atoms with Gasteiger partial charge in [-0.15, -0.1) is 0 Å². The van der Waals surface area contributed by atoms with Crippen LogP contribution in [0.1, 0.15) is 35.6 Å². The molecular formula is C26H27N5OS. The largest absolute Gasteiger partial charge is 0.322 e. The van der Waals surface area contributed by atoms with Crippen LogP contribution in [-0.2, 0) is 17.6 Å². The molecule has 2 aromatic carbocycles. The molecule has 2 aromatic heterocycles. The molecule has 0 saturated heterocycles. The van der Waals surface area contributed by atoms with Gasteiger partial charge in [0.25, 0.3) is 0 Å². The fraction of sp³-hybridized carbons (Fsp3) is 0.269. The lowest BCUT2D eigenvalue weighted by Gasteiger charge is -2.15. The topological polar surface area (TPSA) is 64.7 Å². The van der Waals surface area contributed by atoms with Gasteiger partial charge in [0.05, 0.1) is 34.2 Å². The molecule has 0 spiro atoms. The molecular weight excluding hydrogens is 430 g/mol. The Morgan fingerprint density at radius 1 is 0.970 bits per heavy atom. The van der Waals surface area contributed by atoms with Gasteiger partial charge in [0, 0.05) is 11.4 Å². The molecule has 168 valence electrons. The van der Waals surface area contributed by atoms with Crippen molar-refractivity contribution >= 4 is 23.4 Å². The van der Waals surface area contributed by atoms with Crippen LogP contribution in [0.4, 0.5) is 5.69 Å². The number of aryl methyl sites for hydroxylation is 2. The van der Waals surface area contributed by atoms with Crippen LogP contribution >= 0.6 is 11.8 Å². The second-order valence-corrected chi connectivity index (χ2v) is 9.24. The molecule has 33 heavy (non-hydrogen) atoms. The van der Waals surface area contributed by atoms with Gasteiger partial charge in [-0.3, -0.25) is 9.36 Å². The number of carbonyl (C=O) groups is 1. The van der Waals surface area contributed by atoms with Crippen LogP contribution in [0, 0.1) is 13.8 Å². The van der Waals surface area contributed by atoms with E-state index in [1.807, 2.05) is 67.1 Å². The van der Waals surface area contributed by atoms with Crippen molar-refractivity contribution in [2.24, 2.45) is 0 Å². The first-order valence-corrected chi connectivity index (χ1v) is 12.3. The molecule has 7 heteroatoms. The van der Waals surface area contributed by atoms with Gasteiger partial charge < -0.3 is 5.32 Å². The average Bonchev–Trinajstić information content (AvgIpc) is 3.36. The van der Waals surface area contributed by atoms with Gasteiger partial charge in [-0.2, -0.15) is 5.10 Å². The molecule has 0 radical (unpaired) electrons. The van der Waals surface area contributed by atoms with Crippen molar-refractivity contribution in [3.63, 3.8) is 0 Å². The van der Waals surface area contributed by atoms with Crippen molar-refractivity contribution in [1.29, 1.82) is 0 Å². The number of rotatable bonds is 6. The molecule has 5 rings (SSSR count). The maximum Gasteiger partial charge on any atom is 0.234 e. The Morgan fingerprint density at radius 3 is 2.36 bits per heavy atom. The highest BCUT2D eigenvalue weighted by molar-refractivity contribution is 7.99. The minimum absolute atomic E-state index is 0.0561. The first-order valence-electron chi connectivity index (χ1n) is 11.3. The summed E-state index contributed by atoms with van der Waals surface area (Å²) in [5.41, 5.74) is 7.02. The van der Waals surface area contributed by atoms with Crippen molar-refractivity contribution in [1.82, 2.24) is 19.3 Å². The summed E-state index contributed by atoms with van der Waals surface area (Å²) in [5.74, 6) is 0.234. The van der Waals surface area contributed by atoms with Crippen molar-refractivity contribution < 1.29 is 4.79 Å². The van der Waals surface area contributed by atoms with Crippen LogP contribution in [0.25, 0.3) is 11.4 Å². The monoisotopic (exact) mass is 457 g/mol. The zero-order valence-corrected chi connectivity index (χ0v) is 19.7. The molecule has 6 nitrogen and oxygen atoms in total. The van der Waals surface area contributed by atoms with Crippen LogP contribution in [0.15, 0.2) is 65.8 Å². The summed E-state index contributed by atoms with van der Waals surface area (Å²) in [6, 6.07) is 20.3. The van der Waals surface area contributed by atoms with E-state index in [-0.39, 0.29) is 11.7 Å². The number of aromatic nitrogens is 4. The van der Waals surface area contributed by atoms with Gasteiger partial charge in [0.2, 0.25) is 5.91 Å². The molecule has 2 heterocycles. The Balaban J connectivity index is 1.35. The number of imidazole rings is 1. The van der Waals surface area contributed by atoms with E-state index in [0.29, 0.717) is 0 Å². The number of hydrogen-bond donors (Lipinski definition) is 1. The summed E-state index contributed by atoms with van der Waals surface area (Å²) in [5, 5.41) is 8.59. The SMILES string of the molecule is Cc1nn(-c2ccccc2)c(C)c1NC(=O)CSc1nc2c(n1-c1ccccc1)CCCC2. The highest BCUT2D eigenvalue weighted by atomic mass is 32.2. The molecule has 0 atom stereocenters. The lowest BCUT2D eigenvalue weighted by molar-refractivity contribution is -0.113. The molecule has 1 amide bonds. The van der Waals surface area contributed by atoms with Crippen molar-refractivity contribution in [3.8, 4) is 11.4 Å². The summed E-state index contributed by atoms with van der Waals surface area (Å²) in [6.07, 6.45) is 4.39. The van der Waals surface area contributed by atoms with E-state index in [9.17, 15) is 4.79 Å². The number of fused-ring (bicyclic) bond motifs is 1. The number of carbonyl (C=O) groups excluding carboxylic acids is 1. The molecule has 0 saturated carbocycles. The molecule has 0 unspecified atom stereocenters. The lowest BCUT2D eigenvalue weighted by Crippen LogP contribution is -2.16. The molecule has 4 aromatic rings. The highest BCUT2D eigenvalue weighted by Crippen LogP contribution is 2.31. The van der Waals surface area contributed by atoms with E-state index in [1.165, 1.54) is 36.0 Å². The van der Waals surface area contributed by atoms with Crippen LogP contribution < -0.4 is 5.32 Å². The number of para-hydroxylation sites is 2. The number of hydrogen-bond acceptors (Lipinski definition) is 4. The third kappa shape index (κ3) is 4.33. The van der Waals surface area contributed by atoms with Gasteiger partial charge >= 0.3 is 0 Å². The summed E-state index contributed by atoms with van der Waals surface area (Å²) in [7, 11) is 0. The third-order valence-electron chi connectivity index (χ3n) is 6.01. The van der Waals surface area contributed by atoms with Crippen LogP contribution in [0.2, 0.25) is 0 Å². The molecule has 0 fully saturated rings. The van der Waals surface area contributed by atoms with E-state index in [2.05, 4.69) is 27.1 Å².